The van der Waals surface area contributed by atoms with Gasteiger partial charge < -0.3 is 19.5 Å². The Morgan fingerprint density at radius 3 is 2.38 bits per heavy atom. The summed E-state index contributed by atoms with van der Waals surface area (Å²) >= 11 is 0. The summed E-state index contributed by atoms with van der Waals surface area (Å²) in [5.41, 5.74) is 1.78. The molecule has 1 N–H and O–H groups in total. The van der Waals surface area contributed by atoms with Gasteiger partial charge in [0.05, 0.1) is 20.8 Å². The minimum Gasteiger partial charge on any atom is -0.497 e. The van der Waals surface area contributed by atoms with Crippen LogP contribution >= 0.6 is 0 Å². The summed E-state index contributed by atoms with van der Waals surface area (Å²) in [5.74, 6) is 1.08. The van der Waals surface area contributed by atoms with Crippen molar-refractivity contribution < 1.29 is 19.0 Å². The Kier molecular flexibility index (Phi) is 9.00. The number of unbranched alkanes of at least 4 members (excludes halogenated alkanes) is 1. The molecule has 0 saturated carbocycles. The highest BCUT2D eigenvalue weighted by Crippen LogP contribution is 2.20. The van der Waals surface area contributed by atoms with Crippen LogP contribution in [0.2, 0.25) is 0 Å². The smallest absolute Gasteiger partial charge is 0.341 e. The molecule has 1 atom stereocenters. The molecule has 0 aromatic heterocycles. The number of ether oxygens (including phenoxy) is 3. The van der Waals surface area contributed by atoms with Crippen molar-refractivity contribution in [3.63, 3.8) is 0 Å². The number of hydrogen-bond acceptors (Lipinski definition) is 5. The van der Waals surface area contributed by atoms with Crippen molar-refractivity contribution in [3.8, 4) is 11.5 Å². The van der Waals surface area contributed by atoms with E-state index in [9.17, 15) is 4.79 Å². The van der Waals surface area contributed by atoms with Gasteiger partial charge in [0, 0.05) is 5.54 Å². The maximum absolute atomic E-state index is 12.2. The summed E-state index contributed by atoms with van der Waals surface area (Å²) < 4.78 is 15.8. The Morgan fingerprint density at radius 1 is 1.00 bits per heavy atom. The van der Waals surface area contributed by atoms with E-state index in [4.69, 9.17) is 14.2 Å². The normalized spacial score (nSPS) is 12.8. The second kappa shape index (κ2) is 11.5. The topological polar surface area (TPSA) is 56.8 Å². The van der Waals surface area contributed by atoms with Gasteiger partial charge in [0.2, 0.25) is 0 Å². The lowest BCUT2D eigenvalue weighted by atomic mass is 9.90. The first kappa shape index (κ1) is 22.8. The molecule has 5 nitrogen and oxygen atoms in total. The molecular weight excluding hydrogens is 366 g/mol. The van der Waals surface area contributed by atoms with E-state index in [-0.39, 0.29) is 11.5 Å². The van der Waals surface area contributed by atoms with E-state index in [1.54, 1.807) is 32.4 Å². The molecule has 0 bridgehead atoms. The lowest BCUT2D eigenvalue weighted by Gasteiger charge is -2.30. The molecule has 0 spiro atoms. The molecule has 5 heteroatoms. The van der Waals surface area contributed by atoms with Crippen molar-refractivity contribution in [2.75, 3.05) is 27.4 Å². The fraction of sp³-hybridized carbons (Fsp3) is 0.458. The quantitative estimate of drug-likeness (QED) is 0.416. The van der Waals surface area contributed by atoms with Gasteiger partial charge in [-0.05, 0) is 69.0 Å². The highest BCUT2D eigenvalue weighted by Gasteiger charge is 2.21. The van der Waals surface area contributed by atoms with Gasteiger partial charge in [0.25, 0.3) is 0 Å². The maximum Gasteiger partial charge on any atom is 0.341 e. The first-order valence-electron chi connectivity index (χ1n) is 10.2. The van der Waals surface area contributed by atoms with Crippen LogP contribution in [0.4, 0.5) is 0 Å². The average Bonchev–Trinajstić information content (AvgIpc) is 2.76. The van der Waals surface area contributed by atoms with Gasteiger partial charge >= 0.3 is 5.97 Å². The molecule has 2 aromatic rings. The Balaban J connectivity index is 1.71. The monoisotopic (exact) mass is 399 g/mol. The number of carbonyl (C=O) groups is 1. The van der Waals surface area contributed by atoms with Gasteiger partial charge in [0.1, 0.15) is 17.1 Å². The summed E-state index contributed by atoms with van der Waals surface area (Å²) in [6.07, 6.45) is 3.74. The first-order chi connectivity index (χ1) is 14.0. The molecule has 0 fully saturated rings. The Labute approximate surface area is 174 Å². The molecule has 0 heterocycles. The standard InChI is InChI=1S/C24H33NO4/c1-5-24(2,18-19-12-14-20(27-3)15-13-19)25-16-8-9-17-29-23(26)21-10-6-7-11-22(21)28-4/h6-7,10-15,25H,5,8-9,16-18H2,1-4H3. The molecule has 0 saturated heterocycles. The van der Waals surface area contributed by atoms with Gasteiger partial charge in [-0.2, -0.15) is 0 Å². The number of benzene rings is 2. The second-order valence-corrected chi connectivity index (χ2v) is 7.41. The van der Waals surface area contributed by atoms with E-state index in [2.05, 4.69) is 31.3 Å². The van der Waals surface area contributed by atoms with Crippen LogP contribution in [0.5, 0.6) is 11.5 Å². The Hall–Kier alpha value is -2.53. The Morgan fingerprint density at radius 2 is 1.72 bits per heavy atom. The summed E-state index contributed by atoms with van der Waals surface area (Å²) in [7, 11) is 3.23. The van der Waals surface area contributed by atoms with Gasteiger partial charge in [-0.15, -0.1) is 0 Å². The molecule has 0 aliphatic rings. The van der Waals surface area contributed by atoms with E-state index < -0.39 is 0 Å². The van der Waals surface area contributed by atoms with Crippen LogP contribution in [-0.2, 0) is 11.2 Å². The van der Waals surface area contributed by atoms with Crippen LogP contribution in [0.15, 0.2) is 48.5 Å². The summed E-state index contributed by atoms with van der Waals surface area (Å²) in [4.78, 5) is 12.2. The van der Waals surface area contributed by atoms with E-state index in [1.165, 1.54) is 5.56 Å². The average molecular weight is 400 g/mol. The third kappa shape index (κ3) is 7.09. The number of methoxy groups -OCH3 is 2. The summed E-state index contributed by atoms with van der Waals surface area (Å²) in [6, 6.07) is 15.3. The number of hydrogen-bond donors (Lipinski definition) is 1. The van der Waals surface area contributed by atoms with Gasteiger partial charge in [-0.3, -0.25) is 0 Å². The van der Waals surface area contributed by atoms with Crippen molar-refractivity contribution in [1.82, 2.24) is 5.32 Å². The molecule has 2 rings (SSSR count). The van der Waals surface area contributed by atoms with Crippen LogP contribution in [-0.4, -0.2) is 38.9 Å². The number of esters is 1. The van der Waals surface area contributed by atoms with Crippen LogP contribution in [0.25, 0.3) is 0 Å². The molecule has 0 radical (unpaired) electrons. The van der Waals surface area contributed by atoms with Crippen LogP contribution in [0, 0.1) is 0 Å². The zero-order valence-corrected chi connectivity index (χ0v) is 18.0. The van der Waals surface area contributed by atoms with Crippen molar-refractivity contribution in [2.45, 2.75) is 45.1 Å². The molecule has 0 amide bonds. The van der Waals surface area contributed by atoms with Crippen molar-refractivity contribution in [2.24, 2.45) is 0 Å². The van der Waals surface area contributed by atoms with Gasteiger partial charge in [0.15, 0.2) is 0 Å². The lowest BCUT2D eigenvalue weighted by molar-refractivity contribution is 0.0494. The third-order valence-electron chi connectivity index (χ3n) is 5.22. The SMILES string of the molecule is CCC(C)(Cc1ccc(OC)cc1)NCCCCOC(=O)c1ccccc1OC. The minimum absolute atomic E-state index is 0.0304. The molecule has 1 unspecified atom stereocenters. The summed E-state index contributed by atoms with van der Waals surface area (Å²) in [5, 5.41) is 3.67. The van der Waals surface area contributed by atoms with Crippen LogP contribution < -0.4 is 14.8 Å². The van der Waals surface area contributed by atoms with E-state index in [1.807, 2.05) is 18.2 Å². The lowest BCUT2D eigenvalue weighted by Crippen LogP contribution is -2.44. The Bertz CT molecular complexity index is 760. The zero-order valence-electron chi connectivity index (χ0n) is 18.0. The van der Waals surface area contributed by atoms with Crippen molar-refractivity contribution >= 4 is 5.97 Å². The number of para-hydroxylation sites is 1. The zero-order chi connectivity index (χ0) is 21.1. The highest BCUT2D eigenvalue weighted by molar-refractivity contribution is 5.92. The van der Waals surface area contributed by atoms with Crippen LogP contribution in [0.1, 0.15) is 49.0 Å². The number of nitrogens with one attached hydrogen (secondary N) is 1. The predicted molar refractivity (Wildman–Crippen MR) is 116 cm³/mol. The molecule has 0 aliphatic carbocycles. The second-order valence-electron chi connectivity index (χ2n) is 7.41. The van der Waals surface area contributed by atoms with Gasteiger partial charge in [-0.25, -0.2) is 4.79 Å². The third-order valence-corrected chi connectivity index (χ3v) is 5.22. The summed E-state index contributed by atoms with van der Waals surface area (Å²) in [6.45, 7) is 5.73. The number of carbonyl (C=O) groups excluding carboxylic acids is 1. The van der Waals surface area contributed by atoms with Crippen molar-refractivity contribution in [3.05, 3.63) is 59.7 Å². The molecule has 0 aliphatic heterocycles. The highest BCUT2D eigenvalue weighted by atomic mass is 16.5. The fourth-order valence-corrected chi connectivity index (χ4v) is 3.18. The molecule has 2 aromatic carbocycles. The predicted octanol–water partition coefficient (Wildman–Crippen LogP) is 4.64. The van der Waals surface area contributed by atoms with E-state index >= 15 is 0 Å². The van der Waals surface area contributed by atoms with Crippen LogP contribution in [0.3, 0.4) is 0 Å². The largest absolute Gasteiger partial charge is 0.497 e. The van der Waals surface area contributed by atoms with Crippen molar-refractivity contribution in [1.29, 1.82) is 0 Å². The van der Waals surface area contributed by atoms with E-state index in [0.717, 1.165) is 38.0 Å². The molecule has 29 heavy (non-hydrogen) atoms. The minimum atomic E-state index is -0.340. The number of rotatable bonds is 12. The van der Waals surface area contributed by atoms with E-state index in [0.29, 0.717) is 17.9 Å². The maximum atomic E-state index is 12.2. The molecular formula is C24H33NO4. The first-order valence-corrected chi connectivity index (χ1v) is 10.2. The van der Waals surface area contributed by atoms with Gasteiger partial charge in [-0.1, -0.05) is 31.2 Å². The molecule has 158 valence electrons. The fourth-order valence-electron chi connectivity index (χ4n) is 3.18.